The van der Waals surface area contributed by atoms with Crippen molar-refractivity contribution in [1.82, 2.24) is 0 Å². The van der Waals surface area contributed by atoms with Gasteiger partial charge in [0.2, 0.25) is 0 Å². The van der Waals surface area contributed by atoms with Gasteiger partial charge in [-0.05, 0) is 25.3 Å². The third-order valence-electron chi connectivity index (χ3n) is 1.45. The van der Waals surface area contributed by atoms with E-state index in [0.29, 0.717) is 5.76 Å². The van der Waals surface area contributed by atoms with Crippen LogP contribution in [0, 0.1) is 0 Å². The van der Waals surface area contributed by atoms with E-state index in [1.54, 1.807) is 0 Å². The van der Waals surface area contributed by atoms with Crippen LogP contribution in [0.1, 0.15) is 25.7 Å². The Balaban J connectivity index is 0.000000810. The van der Waals surface area contributed by atoms with E-state index in [4.69, 9.17) is 5.11 Å². The maximum atomic E-state index is 9.04. The summed E-state index contributed by atoms with van der Waals surface area (Å²) in [5.41, 5.74) is 0. The molecule has 0 spiro atoms. The third-order valence-corrected chi connectivity index (χ3v) is 1.45. The predicted octanol–water partition coefficient (Wildman–Crippen LogP) is 2.56. The Morgan fingerprint density at radius 2 is 1.80 bits per heavy atom. The Hall–Kier alpha value is -0.0966. The van der Waals surface area contributed by atoms with Crippen LogP contribution < -0.4 is 0 Å². The van der Waals surface area contributed by atoms with Gasteiger partial charge in [-0.3, -0.25) is 0 Å². The van der Waals surface area contributed by atoms with Gasteiger partial charge in [0.05, 0.1) is 5.76 Å². The standard InChI is InChI=1S/C8H12O.Rh/c9-8-6-4-2-1-3-5-7-8;/h1-2,7,9H,3-6H2;/b2-1-,8-7+;. The Morgan fingerprint density at radius 1 is 1.10 bits per heavy atom. The van der Waals surface area contributed by atoms with E-state index < -0.39 is 0 Å². The zero-order valence-corrected chi connectivity index (χ0v) is 7.48. The maximum Gasteiger partial charge on any atom is 0.0886 e. The van der Waals surface area contributed by atoms with Gasteiger partial charge >= 0.3 is 0 Å². The summed E-state index contributed by atoms with van der Waals surface area (Å²) in [6.07, 6.45) is 10.1. The summed E-state index contributed by atoms with van der Waals surface area (Å²) in [4.78, 5) is 0. The Labute approximate surface area is 74.6 Å². The molecular weight excluding hydrogens is 215 g/mol. The molecule has 0 amide bonds. The maximum absolute atomic E-state index is 9.04. The monoisotopic (exact) mass is 227 g/mol. The predicted molar refractivity (Wildman–Crippen MR) is 38.3 cm³/mol. The van der Waals surface area contributed by atoms with E-state index in [1.165, 1.54) is 0 Å². The second-order valence-corrected chi connectivity index (χ2v) is 2.28. The number of rotatable bonds is 0. The van der Waals surface area contributed by atoms with Crippen molar-refractivity contribution in [3.05, 3.63) is 24.0 Å². The normalized spacial score (nSPS) is 26.6. The topological polar surface area (TPSA) is 20.2 Å². The van der Waals surface area contributed by atoms with Gasteiger partial charge in [0, 0.05) is 25.9 Å². The molecule has 0 aromatic carbocycles. The molecule has 1 N–H and O–H groups in total. The molecule has 0 aromatic rings. The first-order valence-corrected chi connectivity index (χ1v) is 3.42. The third kappa shape index (κ3) is 3.84. The van der Waals surface area contributed by atoms with Crippen molar-refractivity contribution in [1.29, 1.82) is 0 Å². The molecule has 2 heteroatoms. The minimum atomic E-state index is 0. The van der Waals surface area contributed by atoms with Crippen molar-refractivity contribution in [3.63, 3.8) is 0 Å². The van der Waals surface area contributed by atoms with E-state index >= 15 is 0 Å². The SMILES string of the molecule is O/C1=C/CC/C=C\CC1.[Rh]. The molecule has 0 fully saturated rings. The zero-order chi connectivity index (χ0) is 6.53. The summed E-state index contributed by atoms with van der Waals surface area (Å²) >= 11 is 0. The van der Waals surface area contributed by atoms with Gasteiger partial charge in [-0.1, -0.05) is 12.2 Å². The van der Waals surface area contributed by atoms with Gasteiger partial charge < -0.3 is 5.11 Å². The zero-order valence-electron chi connectivity index (χ0n) is 5.84. The van der Waals surface area contributed by atoms with Gasteiger partial charge in [-0.25, -0.2) is 0 Å². The molecule has 0 saturated heterocycles. The molecule has 1 aliphatic rings. The van der Waals surface area contributed by atoms with Gasteiger partial charge in [0.15, 0.2) is 0 Å². The number of allylic oxidation sites excluding steroid dienone is 4. The summed E-state index contributed by atoms with van der Waals surface area (Å²) < 4.78 is 0. The van der Waals surface area contributed by atoms with Gasteiger partial charge in [-0.15, -0.1) is 0 Å². The molecule has 0 atom stereocenters. The van der Waals surface area contributed by atoms with Crippen molar-refractivity contribution in [2.75, 3.05) is 0 Å². The van der Waals surface area contributed by atoms with Crippen LogP contribution in [0.2, 0.25) is 0 Å². The van der Waals surface area contributed by atoms with Crippen molar-refractivity contribution in [2.24, 2.45) is 0 Å². The van der Waals surface area contributed by atoms with Crippen LogP contribution in [0.4, 0.5) is 0 Å². The summed E-state index contributed by atoms with van der Waals surface area (Å²) in [7, 11) is 0. The molecule has 1 aliphatic carbocycles. The largest absolute Gasteiger partial charge is 0.513 e. The van der Waals surface area contributed by atoms with Gasteiger partial charge in [0.25, 0.3) is 0 Å². The molecule has 1 nitrogen and oxygen atoms in total. The molecule has 0 unspecified atom stereocenters. The fourth-order valence-electron chi connectivity index (χ4n) is 0.915. The first-order chi connectivity index (χ1) is 4.39. The van der Waals surface area contributed by atoms with E-state index in [0.717, 1.165) is 25.7 Å². The van der Waals surface area contributed by atoms with Crippen LogP contribution in [-0.2, 0) is 19.5 Å². The molecule has 0 aliphatic heterocycles. The smallest absolute Gasteiger partial charge is 0.0886 e. The number of aliphatic hydroxyl groups is 1. The van der Waals surface area contributed by atoms with E-state index in [2.05, 4.69) is 12.2 Å². The minimum Gasteiger partial charge on any atom is -0.513 e. The molecule has 10 heavy (non-hydrogen) atoms. The summed E-state index contributed by atoms with van der Waals surface area (Å²) in [6.45, 7) is 0. The fraction of sp³-hybridized carbons (Fsp3) is 0.500. The Morgan fingerprint density at radius 3 is 2.60 bits per heavy atom. The first-order valence-electron chi connectivity index (χ1n) is 3.42. The molecule has 1 radical (unpaired) electrons. The van der Waals surface area contributed by atoms with Crippen LogP contribution in [0.25, 0.3) is 0 Å². The minimum absolute atomic E-state index is 0. The van der Waals surface area contributed by atoms with Gasteiger partial charge in [0.1, 0.15) is 0 Å². The van der Waals surface area contributed by atoms with Crippen molar-refractivity contribution >= 4 is 0 Å². The Bertz CT molecular complexity index is 138. The summed E-state index contributed by atoms with van der Waals surface area (Å²) in [5, 5.41) is 9.04. The molecule has 1 rings (SSSR count). The van der Waals surface area contributed by atoms with E-state index in [-0.39, 0.29) is 19.5 Å². The van der Waals surface area contributed by atoms with Gasteiger partial charge in [-0.2, -0.15) is 0 Å². The second-order valence-electron chi connectivity index (χ2n) is 2.28. The first kappa shape index (κ1) is 9.90. The average Bonchev–Trinajstić information content (AvgIpc) is 1.79. The molecular formula is C8H12ORh. The van der Waals surface area contributed by atoms with Crippen LogP contribution in [0.3, 0.4) is 0 Å². The second kappa shape index (κ2) is 5.67. The van der Waals surface area contributed by atoms with Crippen molar-refractivity contribution in [3.8, 4) is 0 Å². The van der Waals surface area contributed by atoms with Crippen LogP contribution in [0.15, 0.2) is 24.0 Å². The average molecular weight is 227 g/mol. The van der Waals surface area contributed by atoms with Crippen molar-refractivity contribution in [2.45, 2.75) is 25.7 Å². The molecule has 0 aromatic heterocycles. The molecule has 0 heterocycles. The van der Waals surface area contributed by atoms with Crippen LogP contribution in [0.5, 0.6) is 0 Å². The van der Waals surface area contributed by atoms with Crippen molar-refractivity contribution < 1.29 is 24.6 Å². The molecule has 0 saturated carbocycles. The van der Waals surface area contributed by atoms with Crippen LogP contribution >= 0.6 is 0 Å². The quantitative estimate of drug-likeness (QED) is 0.498. The molecule has 59 valence electrons. The molecule has 0 bridgehead atoms. The number of hydrogen-bond donors (Lipinski definition) is 1. The van der Waals surface area contributed by atoms with E-state index in [9.17, 15) is 0 Å². The fourth-order valence-corrected chi connectivity index (χ4v) is 0.915. The Kier molecular flexibility index (Phi) is 5.62. The number of aliphatic hydroxyl groups excluding tert-OH is 1. The summed E-state index contributed by atoms with van der Waals surface area (Å²) in [5.74, 6) is 0.555. The van der Waals surface area contributed by atoms with E-state index in [1.807, 2.05) is 6.08 Å². The van der Waals surface area contributed by atoms with Crippen LogP contribution in [-0.4, -0.2) is 5.11 Å². The summed E-state index contributed by atoms with van der Waals surface area (Å²) in [6, 6.07) is 0. The number of hydrogen-bond acceptors (Lipinski definition) is 1.